The monoisotopic (exact) mass is 240 g/mol. The highest BCUT2D eigenvalue weighted by Crippen LogP contribution is 2.23. The minimum absolute atomic E-state index is 0.287. The van der Waals surface area contributed by atoms with E-state index in [2.05, 4.69) is 10.3 Å². The summed E-state index contributed by atoms with van der Waals surface area (Å²) < 4.78 is 5.48. The van der Waals surface area contributed by atoms with Crippen LogP contribution in [0.25, 0.3) is 0 Å². The molecule has 1 aliphatic carbocycles. The number of methoxy groups -OCH3 is 1. The number of aromatic nitrogens is 1. The van der Waals surface area contributed by atoms with E-state index in [-0.39, 0.29) is 6.10 Å². The summed E-state index contributed by atoms with van der Waals surface area (Å²) in [6.07, 6.45) is 5.04. The van der Waals surface area contributed by atoms with Crippen LogP contribution < -0.4 is 5.32 Å². The summed E-state index contributed by atoms with van der Waals surface area (Å²) in [6.45, 7) is 0. The number of ether oxygens (including phenoxy) is 1. The van der Waals surface area contributed by atoms with Crippen molar-refractivity contribution < 1.29 is 4.74 Å². The summed E-state index contributed by atoms with van der Waals surface area (Å²) in [6, 6.07) is 5.97. The fourth-order valence-corrected chi connectivity index (χ4v) is 2.39. The predicted molar refractivity (Wildman–Crippen MR) is 65.9 cm³/mol. The molecule has 0 saturated heterocycles. The van der Waals surface area contributed by atoms with Crippen molar-refractivity contribution in [3.05, 3.63) is 23.4 Å². The third-order valence-corrected chi connectivity index (χ3v) is 3.26. The molecule has 16 heavy (non-hydrogen) atoms. The Morgan fingerprint density at radius 3 is 2.94 bits per heavy atom. The van der Waals surface area contributed by atoms with Gasteiger partial charge in [0.25, 0.3) is 0 Å². The van der Waals surface area contributed by atoms with Gasteiger partial charge in [-0.15, -0.1) is 0 Å². The van der Waals surface area contributed by atoms with Crippen LogP contribution in [0.1, 0.15) is 25.7 Å². The lowest BCUT2D eigenvalue weighted by atomic mass is 9.92. The molecule has 1 fully saturated rings. The van der Waals surface area contributed by atoms with Gasteiger partial charge in [0.15, 0.2) is 0 Å². The zero-order valence-electron chi connectivity index (χ0n) is 9.45. The number of halogens is 1. The van der Waals surface area contributed by atoms with Crippen LogP contribution in [-0.2, 0) is 4.74 Å². The lowest BCUT2D eigenvalue weighted by Gasteiger charge is -2.31. The first-order valence-corrected chi connectivity index (χ1v) is 6.09. The van der Waals surface area contributed by atoms with Crippen molar-refractivity contribution >= 4 is 17.4 Å². The number of pyridine rings is 1. The molecule has 88 valence electrons. The topological polar surface area (TPSA) is 34.1 Å². The second-order valence-electron chi connectivity index (χ2n) is 4.15. The highest BCUT2D eigenvalue weighted by Gasteiger charge is 2.24. The third-order valence-electron chi connectivity index (χ3n) is 3.05. The van der Waals surface area contributed by atoms with Crippen LogP contribution in [0.15, 0.2) is 18.2 Å². The fourth-order valence-electron chi connectivity index (χ4n) is 2.22. The molecule has 2 unspecified atom stereocenters. The summed E-state index contributed by atoms with van der Waals surface area (Å²) >= 11 is 5.85. The lowest BCUT2D eigenvalue weighted by Crippen LogP contribution is -2.37. The smallest absolute Gasteiger partial charge is 0.131 e. The summed E-state index contributed by atoms with van der Waals surface area (Å²) in [7, 11) is 1.77. The molecule has 2 atom stereocenters. The van der Waals surface area contributed by atoms with Gasteiger partial charge in [0.05, 0.1) is 12.1 Å². The molecule has 1 aromatic heterocycles. The minimum Gasteiger partial charge on any atom is -0.379 e. The van der Waals surface area contributed by atoms with E-state index >= 15 is 0 Å². The van der Waals surface area contributed by atoms with E-state index in [1.54, 1.807) is 13.2 Å². The van der Waals surface area contributed by atoms with E-state index < -0.39 is 0 Å². The third kappa shape index (κ3) is 2.86. The molecule has 0 aromatic carbocycles. The Morgan fingerprint density at radius 1 is 1.38 bits per heavy atom. The zero-order chi connectivity index (χ0) is 11.4. The van der Waals surface area contributed by atoms with Gasteiger partial charge in [-0.2, -0.15) is 0 Å². The number of rotatable bonds is 3. The summed E-state index contributed by atoms with van der Waals surface area (Å²) in [5.41, 5.74) is 0. The molecule has 0 radical (unpaired) electrons. The van der Waals surface area contributed by atoms with Crippen LogP contribution in [0.4, 0.5) is 5.82 Å². The van der Waals surface area contributed by atoms with Crippen LogP contribution >= 0.6 is 11.6 Å². The zero-order valence-corrected chi connectivity index (χ0v) is 10.2. The van der Waals surface area contributed by atoms with Crippen molar-refractivity contribution in [3.8, 4) is 0 Å². The number of nitrogens with zero attached hydrogens (tertiary/aromatic N) is 1. The highest BCUT2D eigenvalue weighted by molar-refractivity contribution is 6.29. The van der Waals surface area contributed by atoms with Crippen molar-refractivity contribution in [3.63, 3.8) is 0 Å². The summed E-state index contributed by atoms with van der Waals surface area (Å²) in [4.78, 5) is 4.23. The molecule has 1 saturated carbocycles. The van der Waals surface area contributed by atoms with E-state index in [9.17, 15) is 0 Å². The Bertz CT molecular complexity index is 346. The van der Waals surface area contributed by atoms with Crippen molar-refractivity contribution in [2.45, 2.75) is 37.8 Å². The Kier molecular flexibility index (Phi) is 4.02. The maximum atomic E-state index is 5.85. The van der Waals surface area contributed by atoms with E-state index in [0.29, 0.717) is 11.2 Å². The molecule has 2 rings (SSSR count). The number of hydrogen-bond acceptors (Lipinski definition) is 3. The largest absolute Gasteiger partial charge is 0.379 e. The first kappa shape index (κ1) is 11.7. The SMILES string of the molecule is COC1CCCCC1Nc1cccc(Cl)n1. The predicted octanol–water partition coefficient (Wildman–Crippen LogP) is 3.10. The van der Waals surface area contributed by atoms with Gasteiger partial charge in [0, 0.05) is 7.11 Å². The van der Waals surface area contributed by atoms with Gasteiger partial charge in [-0.05, 0) is 25.0 Å². The second-order valence-corrected chi connectivity index (χ2v) is 4.54. The van der Waals surface area contributed by atoms with Gasteiger partial charge in [0.2, 0.25) is 0 Å². The quantitative estimate of drug-likeness (QED) is 0.825. The summed E-state index contributed by atoms with van der Waals surface area (Å²) in [5.74, 6) is 0.835. The molecule has 1 aromatic rings. The molecular weight excluding hydrogens is 224 g/mol. The lowest BCUT2D eigenvalue weighted by molar-refractivity contribution is 0.0605. The average molecular weight is 241 g/mol. The van der Waals surface area contributed by atoms with Crippen molar-refractivity contribution in [2.24, 2.45) is 0 Å². The van der Waals surface area contributed by atoms with Crippen LogP contribution in [0.2, 0.25) is 5.15 Å². The Morgan fingerprint density at radius 2 is 2.19 bits per heavy atom. The van der Waals surface area contributed by atoms with E-state index in [0.717, 1.165) is 18.7 Å². The molecular formula is C12H17ClN2O. The van der Waals surface area contributed by atoms with Gasteiger partial charge in [0.1, 0.15) is 11.0 Å². The molecule has 3 nitrogen and oxygen atoms in total. The Hall–Kier alpha value is -0.800. The molecule has 0 bridgehead atoms. The molecule has 0 aliphatic heterocycles. The van der Waals surface area contributed by atoms with Crippen molar-refractivity contribution in [1.29, 1.82) is 0 Å². The summed E-state index contributed by atoms with van der Waals surface area (Å²) in [5, 5.41) is 3.93. The van der Waals surface area contributed by atoms with Gasteiger partial charge in [-0.3, -0.25) is 0 Å². The number of nitrogens with one attached hydrogen (secondary N) is 1. The van der Waals surface area contributed by atoms with Crippen molar-refractivity contribution in [1.82, 2.24) is 4.98 Å². The van der Waals surface area contributed by atoms with Crippen LogP contribution in [-0.4, -0.2) is 24.2 Å². The normalized spacial score (nSPS) is 25.4. The van der Waals surface area contributed by atoms with E-state index in [1.807, 2.05) is 12.1 Å². The number of anilines is 1. The van der Waals surface area contributed by atoms with Gasteiger partial charge < -0.3 is 10.1 Å². The highest BCUT2D eigenvalue weighted by atomic mass is 35.5. The van der Waals surface area contributed by atoms with Gasteiger partial charge in [-0.1, -0.05) is 30.5 Å². The molecule has 4 heteroatoms. The van der Waals surface area contributed by atoms with Crippen LogP contribution in [0.5, 0.6) is 0 Å². The first-order valence-electron chi connectivity index (χ1n) is 5.71. The molecule has 1 heterocycles. The molecule has 1 aliphatic rings. The minimum atomic E-state index is 0.287. The number of hydrogen-bond donors (Lipinski definition) is 1. The van der Waals surface area contributed by atoms with Crippen LogP contribution in [0.3, 0.4) is 0 Å². The Labute approximate surface area is 101 Å². The van der Waals surface area contributed by atoms with Crippen LogP contribution in [0, 0.1) is 0 Å². The van der Waals surface area contributed by atoms with Crippen molar-refractivity contribution in [2.75, 3.05) is 12.4 Å². The molecule has 0 amide bonds. The maximum Gasteiger partial charge on any atom is 0.131 e. The molecule has 0 spiro atoms. The van der Waals surface area contributed by atoms with Gasteiger partial charge >= 0.3 is 0 Å². The van der Waals surface area contributed by atoms with E-state index in [4.69, 9.17) is 16.3 Å². The van der Waals surface area contributed by atoms with E-state index in [1.165, 1.54) is 12.8 Å². The second kappa shape index (κ2) is 5.51. The Balaban J connectivity index is 2.02. The maximum absolute atomic E-state index is 5.85. The average Bonchev–Trinajstić information content (AvgIpc) is 2.30. The fraction of sp³-hybridized carbons (Fsp3) is 0.583. The van der Waals surface area contributed by atoms with Gasteiger partial charge in [-0.25, -0.2) is 4.98 Å². The first-order chi connectivity index (χ1) is 7.79. The molecule has 1 N–H and O–H groups in total. The standard InChI is InChI=1S/C12H17ClN2O/c1-16-10-6-3-2-5-9(10)14-12-8-4-7-11(13)15-12/h4,7-10H,2-3,5-6H2,1H3,(H,14,15).